The molecule has 2 aromatic rings. The summed E-state index contributed by atoms with van der Waals surface area (Å²) >= 11 is 0. The van der Waals surface area contributed by atoms with Crippen molar-refractivity contribution in [2.75, 3.05) is 19.3 Å². The van der Waals surface area contributed by atoms with E-state index >= 15 is 0 Å². The molecule has 0 aliphatic carbocycles. The predicted octanol–water partition coefficient (Wildman–Crippen LogP) is 1.90. The fraction of sp³-hybridized carbons (Fsp3) is 0.500. The van der Waals surface area contributed by atoms with Crippen LogP contribution >= 0.6 is 0 Å². The molecule has 3 rings (SSSR count). The number of hydrogen-bond acceptors (Lipinski definition) is 5. The Bertz CT molecular complexity index is 785. The minimum Gasteiger partial charge on any atom is -0.297 e. The van der Waals surface area contributed by atoms with E-state index < -0.39 is 9.84 Å². The number of hydrogen-bond donors (Lipinski definition) is 1. The fourth-order valence-corrected chi connectivity index (χ4v) is 4.08. The lowest BCUT2D eigenvalue weighted by atomic mass is 9.95. The van der Waals surface area contributed by atoms with Gasteiger partial charge in [-0.25, -0.2) is 8.42 Å². The van der Waals surface area contributed by atoms with Gasteiger partial charge < -0.3 is 0 Å². The van der Waals surface area contributed by atoms with Gasteiger partial charge in [-0.05, 0) is 38.4 Å². The first kappa shape index (κ1) is 16.1. The highest BCUT2D eigenvalue weighted by atomic mass is 32.2. The van der Waals surface area contributed by atoms with E-state index in [0.29, 0.717) is 4.90 Å². The van der Waals surface area contributed by atoms with Gasteiger partial charge >= 0.3 is 0 Å². The third-order valence-electron chi connectivity index (χ3n) is 4.28. The lowest BCUT2D eigenvalue weighted by Crippen LogP contribution is -2.34. The summed E-state index contributed by atoms with van der Waals surface area (Å²) in [7, 11) is -3.25. The molecule has 7 heteroatoms. The van der Waals surface area contributed by atoms with Crippen molar-refractivity contribution in [1.29, 1.82) is 0 Å². The summed E-state index contributed by atoms with van der Waals surface area (Å²) in [5.41, 5.74) is 2.82. The lowest BCUT2D eigenvalue weighted by molar-refractivity contribution is 0.195. The maximum Gasteiger partial charge on any atom is 0.178 e. The zero-order valence-corrected chi connectivity index (χ0v) is 14.3. The van der Waals surface area contributed by atoms with Crippen LogP contribution in [0.15, 0.2) is 29.3 Å². The summed E-state index contributed by atoms with van der Waals surface area (Å²) in [6, 6.07) is 6.05. The lowest BCUT2D eigenvalue weighted by Gasteiger charge is -2.32. The Hall–Kier alpha value is -1.73. The molecule has 1 aliphatic rings. The summed E-state index contributed by atoms with van der Waals surface area (Å²) in [5.74, 6) is 0.167. The van der Waals surface area contributed by atoms with E-state index in [1.165, 1.54) is 12.5 Å². The quantitative estimate of drug-likeness (QED) is 0.924. The SMILES string of the molecule is Cc1cccc(CN2CCCC(c3[nH]ncc3S(C)(=O)=O)C2)n1. The smallest absolute Gasteiger partial charge is 0.178 e. The molecule has 1 N–H and O–H groups in total. The minimum atomic E-state index is -3.25. The maximum atomic E-state index is 11.9. The van der Waals surface area contributed by atoms with Gasteiger partial charge in [-0.3, -0.25) is 15.0 Å². The Morgan fingerprint density at radius 2 is 2.22 bits per heavy atom. The molecule has 3 heterocycles. The first-order chi connectivity index (χ1) is 10.9. The Labute approximate surface area is 136 Å². The number of nitrogens with zero attached hydrogens (tertiary/aromatic N) is 3. The fourth-order valence-electron chi connectivity index (χ4n) is 3.22. The van der Waals surface area contributed by atoms with Crippen LogP contribution in [0.2, 0.25) is 0 Å². The molecule has 1 saturated heterocycles. The van der Waals surface area contributed by atoms with E-state index in [2.05, 4.69) is 20.1 Å². The standard InChI is InChI=1S/C16H22N4O2S/c1-12-5-3-7-14(18-12)11-20-8-4-6-13(10-20)16-15(9-17-19-16)23(2,21)22/h3,5,7,9,13H,4,6,8,10-11H2,1-2H3,(H,17,19). The van der Waals surface area contributed by atoms with Crippen molar-refractivity contribution in [3.05, 3.63) is 41.5 Å². The van der Waals surface area contributed by atoms with Gasteiger partial charge in [-0.15, -0.1) is 0 Å². The molecule has 1 fully saturated rings. The molecule has 0 aromatic carbocycles. The average Bonchev–Trinajstić information content (AvgIpc) is 2.97. The number of rotatable bonds is 4. The molecule has 1 aliphatic heterocycles. The summed E-state index contributed by atoms with van der Waals surface area (Å²) in [6.07, 6.45) is 4.67. The molecule has 0 saturated carbocycles. The molecular weight excluding hydrogens is 312 g/mol. The third-order valence-corrected chi connectivity index (χ3v) is 5.40. The van der Waals surface area contributed by atoms with Crippen molar-refractivity contribution in [2.24, 2.45) is 0 Å². The molecule has 0 amide bonds. The number of aromatic amines is 1. The number of sulfone groups is 1. The van der Waals surface area contributed by atoms with Crippen LogP contribution < -0.4 is 0 Å². The van der Waals surface area contributed by atoms with Crippen molar-refractivity contribution in [3.8, 4) is 0 Å². The topological polar surface area (TPSA) is 79.0 Å². The van der Waals surface area contributed by atoms with E-state index in [0.717, 1.165) is 49.6 Å². The van der Waals surface area contributed by atoms with E-state index in [1.807, 2.05) is 25.1 Å². The highest BCUT2D eigenvalue weighted by Crippen LogP contribution is 2.30. The van der Waals surface area contributed by atoms with Gasteiger partial charge in [0.05, 0.1) is 17.6 Å². The van der Waals surface area contributed by atoms with Gasteiger partial charge in [0.1, 0.15) is 4.90 Å². The number of piperidine rings is 1. The Balaban J connectivity index is 1.75. The molecule has 0 bridgehead atoms. The summed E-state index contributed by atoms with van der Waals surface area (Å²) < 4.78 is 23.8. The Morgan fingerprint density at radius 3 is 2.96 bits per heavy atom. The Morgan fingerprint density at radius 1 is 1.39 bits per heavy atom. The zero-order chi connectivity index (χ0) is 16.4. The summed E-state index contributed by atoms with van der Waals surface area (Å²) in [4.78, 5) is 7.22. The van der Waals surface area contributed by atoms with Crippen LogP contribution in [0.3, 0.4) is 0 Å². The van der Waals surface area contributed by atoms with Gasteiger partial charge in [0.15, 0.2) is 9.84 Å². The number of likely N-dealkylation sites (tertiary alicyclic amines) is 1. The molecule has 23 heavy (non-hydrogen) atoms. The summed E-state index contributed by atoms with van der Waals surface area (Å²) in [6.45, 7) is 4.61. The van der Waals surface area contributed by atoms with Crippen LogP contribution in [-0.4, -0.2) is 47.8 Å². The normalized spacial score (nSPS) is 19.8. The van der Waals surface area contributed by atoms with Crippen LogP contribution in [0.4, 0.5) is 0 Å². The van der Waals surface area contributed by atoms with Crippen molar-refractivity contribution >= 4 is 9.84 Å². The van der Waals surface area contributed by atoms with Gasteiger partial charge in [0, 0.05) is 31.0 Å². The number of aromatic nitrogens is 3. The van der Waals surface area contributed by atoms with Crippen molar-refractivity contribution in [1.82, 2.24) is 20.1 Å². The number of H-pyrrole nitrogens is 1. The van der Waals surface area contributed by atoms with Gasteiger partial charge in [-0.1, -0.05) is 6.07 Å². The second-order valence-electron chi connectivity index (χ2n) is 6.26. The van der Waals surface area contributed by atoms with Crippen molar-refractivity contribution < 1.29 is 8.42 Å². The average molecular weight is 334 g/mol. The molecule has 124 valence electrons. The first-order valence-corrected chi connectivity index (χ1v) is 9.71. The van der Waals surface area contributed by atoms with Gasteiger partial charge in [-0.2, -0.15) is 5.10 Å². The third kappa shape index (κ3) is 3.79. The maximum absolute atomic E-state index is 11.9. The second-order valence-corrected chi connectivity index (χ2v) is 8.25. The first-order valence-electron chi connectivity index (χ1n) is 7.81. The molecule has 6 nitrogen and oxygen atoms in total. The summed E-state index contributed by atoms with van der Waals surface area (Å²) in [5, 5.41) is 6.85. The number of aryl methyl sites for hydroxylation is 1. The number of nitrogens with one attached hydrogen (secondary N) is 1. The second kappa shape index (κ2) is 6.41. The van der Waals surface area contributed by atoms with Crippen LogP contribution in [-0.2, 0) is 16.4 Å². The molecule has 0 spiro atoms. The van der Waals surface area contributed by atoms with E-state index in [9.17, 15) is 8.42 Å². The van der Waals surface area contributed by atoms with E-state index in [4.69, 9.17) is 0 Å². The van der Waals surface area contributed by atoms with Crippen LogP contribution in [0.5, 0.6) is 0 Å². The van der Waals surface area contributed by atoms with Crippen molar-refractivity contribution in [3.63, 3.8) is 0 Å². The predicted molar refractivity (Wildman–Crippen MR) is 87.9 cm³/mol. The minimum absolute atomic E-state index is 0.167. The van der Waals surface area contributed by atoms with Crippen LogP contribution in [0, 0.1) is 6.92 Å². The molecule has 2 aromatic heterocycles. The molecule has 1 unspecified atom stereocenters. The molecule has 1 atom stereocenters. The Kier molecular flexibility index (Phi) is 4.50. The van der Waals surface area contributed by atoms with E-state index in [-0.39, 0.29) is 5.92 Å². The van der Waals surface area contributed by atoms with E-state index in [1.54, 1.807) is 0 Å². The molecule has 0 radical (unpaired) electrons. The van der Waals surface area contributed by atoms with Crippen molar-refractivity contribution in [2.45, 2.75) is 37.1 Å². The van der Waals surface area contributed by atoms with Gasteiger partial charge in [0.2, 0.25) is 0 Å². The monoisotopic (exact) mass is 334 g/mol. The van der Waals surface area contributed by atoms with Crippen LogP contribution in [0.1, 0.15) is 35.8 Å². The largest absolute Gasteiger partial charge is 0.297 e. The highest BCUT2D eigenvalue weighted by molar-refractivity contribution is 7.90. The highest BCUT2D eigenvalue weighted by Gasteiger charge is 2.27. The number of pyridine rings is 1. The zero-order valence-electron chi connectivity index (χ0n) is 13.5. The molecular formula is C16H22N4O2S. The van der Waals surface area contributed by atoms with Crippen LogP contribution in [0.25, 0.3) is 0 Å². The van der Waals surface area contributed by atoms with Gasteiger partial charge in [0.25, 0.3) is 0 Å².